The molecule has 0 bridgehead atoms. The molecule has 1 saturated carbocycles. The van der Waals surface area contributed by atoms with Crippen LogP contribution in [0.4, 0.5) is 0 Å². The number of hydrogen-bond acceptors (Lipinski definition) is 2. The molecule has 100 valence electrons. The van der Waals surface area contributed by atoms with E-state index in [0.717, 1.165) is 37.8 Å². The Kier molecular flexibility index (Phi) is 4.54. The molecule has 0 radical (unpaired) electrons. The molecule has 1 aliphatic rings. The summed E-state index contributed by atoms with van der Waals surface area (Å²) in [5, 5.41) is 15.2. The molecule has 2 N–H and O–H groups in total. The second-order valence-corrected chi connectivity index (χ2v) is 5.75. The van der Waals surface area contributed by atoms with Crippen LogP contribution in [0.5, 0.6) is 0 Å². The summed E-state index contributed by atoms with van der Waals surface area (Å²) in [5.41, 5.74) is -0.0555. The highest BCUT2D eigenvalue weighted by atomic mass is 35.5. The van der Waals surface area contributed by atoms with E-state index in [1.54, 1.807) is 6.07 Å². The maximum Gasteiger partial charge on any atom is 0.0912 e. The predicted molar refractivity (Wildman–Crippen MR) is 76.3 cm³/mol. The Morgan fingerprint density at radius 2 is 2.00 bits per heavy atom. The quantitative estimate of drug-likeness (QED) is 0.888. The molecule has 0 atom stereocenters. The summed E-state index contributed by atoms with van der Waals surface area (Å²) in [7, 11) is 0. The Morgan fingerprint density at radius 3 is 2.61 bits per heavy atom. The van der Waals surface area contributed by atoms with Crippen LogP contribution >= 0.6 is 23.2 Å². The minimum Gasteiger partial charge on any atom is -0.385 e. The molecule has 1 aliphatic carbocycles. The first kappa shape index (κ1) is 14.1. The Bertz CT molecular complexity index is 414. The molecule has 0 saturated heterocycles. The molecule has 1 fully saturated rings. The smallest absolute Gasteiger partial charge is 0.0912 e. The van der Waals surface area contributed by atoms with Crippen molar-refractivity contribution in [1.82, 2.24) is 5.32 Å². The largest absolute Gasteiger partial charge is 0.385 e. The van der Waals surface area contributed by atoms with Gasteiger partial charge < -0.3 is 10.4 Å². The van der Waals surface area contributed by atoms with Crippen LogP contribution in [0, 0.1) is 0 Å². The van der Waals surface area contributed by atoms with Gasteiger partial charge in [-0.25, -0.2) is 0 Å². The van der Waals surface area contributed by atoms with Gasteiger partial charge in [0, 0.05) is 11.6 Å². The lowest BCUT2D eigenvalue weighted by Crippen LogP contribution is -2.39. The minimum atomic E-state index is -0.825. The SMILES string of the molecule is CCNC1CCC(O)(c2cccc(Cl)c2Cl)CC1. The highest BCUT2D eigenvalue weighted by Gasteiger charge is 2.36. The molecule has 1 aromatic carbocycles. The highest BCUT2D eigenvalue weighted by molar-refractivity contribution is 6.42. The number of benzene rings is 1. The molecule has 0 heterocycles. The summed E-state index contributed by atoms with van der Waals surface area (Å²) in [6, 6.07) is 5.98. The van der Waals surface area contributed by atoms with Crippen LogP contribution in [0.3, 0.4) is 0 Å². The molecule has 18 heavy (non-hydrogen) atoms. The van der Waals surface area contributed by atoms with Gasteiger partial charge in [-0.3, -0.25) is 0 Å². The average molecular weight is 288 g/mol. The van der Waals surface area contributed by atoms with E-state index in [4.69, 9.17) is 23.2 Å². The molecule has 0 unspecified atom stereocenters. The Hall–Kier alpha value is -0.280. The summed E-state index contributed by atoms with van der Waals surface area (Å²) in [4.78, 5) is 0. The van der Waals surface area contributed by atoms with Crippen molar-refractivity contribution in [1.29, 1.82) is 0 Å². The van der Waals surface area contributed by atoms with Crippen LogP contribution in [0.2, 0.25) is 10.0 Å². The number of aliphatic hydroxyl groups is 1. The molecule has 1 aromatic rings. The van der Waals surface area contributed by atoms with Gasteiger partial charge >= 0.3 is 0 Å². The van der Waals surface area contributed by atoms with E-state index in [0.29, 0.717) is 16.1 Å². The van der Waals surface area contributed by atoms with Crippen molar-refractivity contribution in [2.75, 3.05) is 6.54 Å². The van der Waals surface area contributed by atoms with Gasteiger partial charge in [-0.05, 0) is 38.3 Å². The Morgan fingerprint density at radius 1 is 1.33 bits per heavy atom. The summed E-state index contributed by atoms with van der Waals surface area (Å²) >= 11 is 12.2. The molecule has 2 nitrogen and oxygen atoms in total. The van der Waals surface area contributed by atoms with Crippen molar-refractivity contribution in [2.45, 2.75) is 44.2 Å². The molecule has 0 aliphatic heterocycles. The van der Waals surface area contributed by atoms with Crippen molar-refractivity contribution in [3.05, 3.63) is 33.8 Å². The van der Waals surface area contributed by atoms with Crippen LogP contribution in [0.25, 0.3) is 0 Å². The summed E-state index contributed by atoms with van der Waals surface area (Å²) in [6.45, 7) is 3.08. The van der Waals surface area contributed by atoms with E-state index in [1.807, 2.05) is 12.1 Å². The fraction of sp³-hybridized carbons (Fsp3) is 0.571. The highest BCUT2D eigenvalue weighted by Crippen LogP contribution is 2.42. The zero-order valence-corrected chi connectivity index (χ0v) is 12.1. The fourth-order valence-corrected chi connectivity index (χ4v) is 3.20. The van der Waals surface area contributed by atoms with E-state index in [-0.39, 0.29) is 0 Å². The first-order chi connectivity index (χ1) is 8.57. The molecular weight excluding hydrogens is 269 g/mol. The molecule has 0 amide bonds. The van der Waals surface area contributed by atoms with Gasteiger partial charge in [-0.1, -0.05) is 42.3 Å². The van der Waals surface area contributed by atoms with Crippen molar-refractivity contribution in [2.24, 2.45) is 0 Å². The van der Waals surface area contributed by atoms with E-state index in [1.165, 1.54) is 0 Å². The topological polar surface area (TPSA) is 32.3 Å². The zero-order chi connectivity index (χ0) is 13.2. The first-order valence-corrected chi connectivity index (χ1v) is 7.22. The number of hydrogen-bond donors (Lipinski definition) is 2. The van der Waals surface area contributed by atoms with Gasteiger partial charge in [-0.2, -0.15) is 0 Å². The molecule has 0 spiro atoms. The number of halogens is 2. The van der Waals surface area contributed by atoms with Crippen LogP contribution < -0.4 is 5.32 Å². The lowest BCUT2D eigenvalue weighted by Gasteiger charge is -2.37. The van der Waals surface area contributed by atoms with Gasteiger partial charge in [-0.15, -0.1) is 0 Å². The summed E-state index contributed by atoms with van der Waals surface area (Å²) in [5.74, 6) is 0. The lowest BCUT2D eigenvalue weighted by atomic mass is 9.77. The van der Waals surface area contributed by atoms with Crippen molar-refractivity contribution in [3.63, 3.8) is 0 Å². The average Bonchev–Trinajstić information content (AvgIpc) is 2.36. The monoisotopic (exact) mass is 287 g/mol. The van der Waals surface area contributed by atoms with E-state index >= 15 is 0 Å². The van der Waals surface area contributed by atoms with Gasteiger partial charge in [0.25, 0.3) is 0 Å². The maximum atomic E-state index is 10.8. The zero-order valence-electron chi connectivity index (χ0n) is 10.5. The Balaban J connectivity index is 2.16. The lowest BCUT2D eigenvalue weighted by molar-refractivity contribution is -0.00804. The molecular formula is C14H19Cl2NO. The number of rotatable bonds is 3. The normalized spacial score (nSPS) is 28.3. The Labute approximate surface area is 118 Å². The third-order valence-electron chi connectivity index (χ3n) is 3.76. The van der Waals surface area contributed by atoms with E-state index < -0.39 is 5.60 Å². The second-order valence-electron chi connectivity index (χ2n) is 4.96. The standard InChI is InChI=1S/C14H19Cl2NO/c1-2-17-10-6-8-14(18,9-7-10)11-4-3-5-12(15)13(11)16/h3-5,10,17-18H,2,6-9H2,1H3. The van der Waals surface area contributed by atoms with Gasteiger partial charge in [0.2, 0.25) is 0 Å². The maximum absolute atomic E-state index is 10.8. The van der Waals surface area contributed by atoms with Crippen molar-refractivity contribution >= 4 is 23.2 Å². The van der Waals surface area contributed by atoms with Crippen LogP contribution in [0.15, 0.2) is 18.2 Å². The third kappa shape index (κ3) is 2.83. The molecule has 0 aromatic heterocycles. The van der Waals surface area contributed by atoms with E-state index in [9.17, 15) is 5.11 Å². The van der Waals surface area contributed by atoms with E-state index in [2.05, 4.69) is 12.2 Å². The third-order valence-corrected chi connectivity index (χ3v) is 4.58. The van der Waals surface area contributed by atoms with Crippen LogP contribution in [-0.4, -0.2) is 17.7 Å². The fourth-order valence-electron chi connectivity index (χ4n) is 2.72. The van der Waals surface area contributed by atoms with Gasteiger partial charge in [0.1, 0.15) is 0 Å². The van der Waals surface area contributed by atoms with Gasteiger partial charge in [0.05, 0.1) is 15.6 Å². The molecule has 4 heteroatoms. The second kappa shape index (κ2) is 5.79. The minimum absolute atomic E-state index is 0.489. The summed E-state index contributed by atoms with van der Waals surface area (Å²) in [6.07, 6.45) is 3.38. The molecule has 2 rings (SSSR count). The van der Waals surface area contributed by atoms with Crippen molar-refractivity contribution < 1.29 is 5.11 Å². The van der Waals surface area contributed by atoms with Crippen molar-refractivity contribution in [3.8, 4) is 0 Å². The van der Waals surface area contributed by atoms with Crippen LogP contribution in [-0.2, 0) is 5.60 Å². The number of nitrogens with one attached hydrogen (secondary N) is 1. The van der Waals surface area contributed by atoms with Gasteiger partial charge in [0.15, 0.2) is 0 Å². The predicted octanol–water partition coefficient (Wildman–Crippen LogP) is 3.73. The van der Waals surface area contributed by atoms with Crippen LogP contribution in [0.1, 0.15) is 38.2 Å². The summed E-state index contributed by atoms with van der Waals surface area (Å²) < 4.78 is 0. The first-order valence-electron chi connectivity index (χ1n) is 6.47.